The third kappa shape index (κ3) is 4.30. The zero-order chi connectivity index (χ0) is 15.5. The first-order valence-corrected chi connectivity index (χ1v) is 8.73. The second-order valence-electron chi connectivity index (χ2n) is 4.66. The average Bonchev–Trinajstić information content (AvgIpc) is 2.87. The number of benzene rings is 1. The molecule has 112 valence electrons. The molecule has 1 unspecified atom stereocenters. The molecule has 0 saturated heterocycles. The van der Waals surface area contributed by atoms with Crippen molar-refractivity contribution < 1.29 is 18.3 Å². The summed E-state index contributed by atoms with van der Waals surface area (Å²) in [5.41, 5.74) is 0.945. The molecule has 0 amide bonds. The topological polar surface area (TPSA) is 83.5 Å². The number of thiophene rings is 1. The fourth-order valence-electron chi connectivity index (χ4n) is 1.91. The molecule has 1 aromatic carbocycles. The van der Waals surface area contributed by atoms with Crippen molar-refractivity contribution in [1.82, 2.24) is 0 Å². The molecule has 0 aliphatic carbocycles. The molecule has 2 aromatic rings. The average molecular weight is 325 g/mol. The van der Waals surface area contributed by atoms with E-state index in [0.717, 1.165) is 16.9 Å². The van der Waals surface area contributed by atoms with Crippen molar-refractivity contribution in [1.29, 1.82) is 0 Å². The molecule has 0 spiro atoms. The monoisotopic (exact) mass is 325 g/mol. The van der Waals surface area contributed by atoms with Crippen LogP contribution in [0.5, 0.6) is 0 Å². The van der Waals surface area contributed by atoms with Crippen molar-refractivity contribution in [2.75, 3.05) is 10.5 Å². The normalized spacial score (nSPS) is 12.8. The summed E-state index contributed by atoms with van der Waals surface area (Å²) in [6.45, 7) is 1.84. The molecule has 7 heteroatoms. The fraction of sp³-hybridized carbons (Fsp3) is 0.214. The summed E-state index contributed by atoms with van der Waals surface area (Å²) in [5, 5.41) is 9.14. The van der Waals surface area contributed by atoms with Gasteiger partial charge in [0.25, 0.3) is 0 Å². The van der Waals surface area contributed by atoms with Crippen LogP contribution in [0.4, 0.5) is 5.00 Å². The molecule has 21 heavy (non-hydrogen) atoms. The van der Waals surface area contributed by atoms with Crippen LogP contribution < -0.4 is 4.72 Å². The molecule has 1 heterocycles. The summed E-state index contributed by atoms with van der Waals surface area (Å²) in [7, 11) is -3.53. The lowest BCUT2D eigenvalue weighted by atomic mass is 10.0. The number of nitrogens with one attached hydrogen (secondary N) is 1. The van der Waals surface area contributed by atoms with Crippen molar-refractivity contribution >= 4 is 32.3 Å². The summed E-state index contributed by atoms with van der Waals surface area (Å²) >= 11 is 0.901. The first-order chi connectivity index (χ1) is 9.87. The number of hydrogen-bond donors (Lipinski definition) is 2. The van der Waals surface area contributed by atoms with Crippen LogP contribution in [0.15, 0.2) is 42.5 Å². The van der Waals surface area contributed by atoms with Gasteiger partial charge in [0, 0.05) is 0 Å². The molecule has 0 bridgehead atoms. The Labute approximate surface area is 127 Å². The minimum Gasteiger partial charge on any atom is -0.477 e. The third-order valence-corrected chi connectivity index (χ3v) is 5.50. The van der Waals surface area contributed by atoms with E-state index in [0.29, 0.717) is 5.00 Å². The third-order valence-electron chi connectivity index (χ3n) is 2.91. The maximum atomic E-state index is 12.1. The molecular formula is C14H15NO4S2. The number of carbonyl (C=O) groups is 1. The maximum Gasteiger partial charge on any atom is 0.345 e. The van der Waals surface area contributed by atoms with Gasteiger partial charge >= 0.3 is 5.97 Å². The quantitative estimate of drug-likeness (QED) is 0.855. The van der Waals surface area contributed by atoms with Crippen LogP contribution in [0.3, 0.4) is 0 Å². The molecule has 0 aliphatic heterocycles. The lowest BCUT2D eigenvalue weighted by Gasteiger charge is -2.12. The van der Waals surface area contributed by atoms with Crippen LogP contribution >= 0.6 is 11.3 Å². The Hall–Kier alpha value is -1.86. The lowest BCUT2D eigenvalue weighted by molar-refractivity contribution is 0.0702. The van der Waals surface area contributed by atoms with E-state index in [1.807, 2.05) is 37.3 Å². The van der Waals surface area contributed by atoms with Crippen molar-refractivity contribution in [2.24, 2.45) is 0 Å². The van der Waals surface area contributed by atoms with E-state index in [1.54, 1.807) is 0 Å². The number of sulfonamides is 1. The molecule has 2 N–H and O–H groups in total. The van der Waals surface area contributed by atoms with Crippen molar-refractivity contribution in [2.45, 2.75) is 12.8 Å². The van der Waals surface area contributed by atoms with Gasteiger partial charge in [-0.15, -0.1) is 11.3 Å². The summed E-state index contributed by atoms with van der Waals surface area (Å²) in [6, 6.07) is 12.2. The van der Waals surface area contributed by atoms with Crippen LogP contribution in [0.25, 0.3) is 0 Å². The Morgan fingerprint density at radius 3 is 2.48 bits per heavy atom. The van der Waals surface area contributed by atoms with E-state index in [9.17, 15) is 13.2 Å². The molecule has 1 atom stereocenters. The lowest BCUT2D eigenvalue weighted by Crippen LogP contribution is -2.20. The van der Waals surface area contributed by atoms with E-state index in [-0.39, 0.29) is 16.5 Å². The highest BCUT2D eigenvalue weighted by Gasteiger charge is 2.18. The van der Waals surface area contributed by atoms with Crippen LogP contribution in [-0.2, 0) is 10.0 Å². The number of hydrogen-bond acceptors (Lipinski definition) is 4. The van der Waals surface area contributed by atoms with E-state index in [2.05, 4.69) is 4.72 Å². The van der Waals surface area contributed by atoms with E-state index < -0.39 is 16.0 Å². The largest absolute Gasteiger partial charge is 0.477 e. The van der Waals surface area contributed by atoms with Crippen molar-refractivity contribution in [3.8, 4) is 0 Å². The van der Waals surface area contributed by atoms with Gasteiger partial charge < -0.3 is 5.11 Å². The van der Waals surface area contributed by atoms with E-state index in [4.69, 9.17) is 5.11 Å². The standard InChI is InChI=1S/C14H15NO4S2/c1-10(11-5-3-2-4-6-11)9-21(18,19)15-13-8-7-12(20-13)14(16)17/h2-8,10,15H,9H2,1H3,(H,16,17). The predicted octanol–water partition coefficient (Wildman–Crippen LogP) is 2.99. The smallest absolute Gasteiger partial charge is 0.345 e. The molecule has 0 aliphatic rings. The summed E-state index contributed by atoms with van der Waals surface area (Å²) < 4.78 is 26.6. The molecule has 2 rings (SSSR count). The number of rotatable bonds is 6. The van der Waals surface area contributed by atoms with Gasteiger partial charge in [-0.05, 0) is 23.6 Å². The molecule has 0 saturated carbocycles. The Kier molecular flexibility index (Phi) is 4.64. The Morgan fingerprint density at radius 1 is 1.24 bits per heavy atom. The van der Waals surface area contributed by atoms with Gasteiger partial charge in [-0.3, -0.25) is 4.72 Å². The van der Waals surface area contributed by atoms with Crippen molar-refractivity contribution in [3.63, 3.8) is 0 Å². The van der Waals surface area contributed by atoms with Crippen LogP contribution in [0.1, 0.15) is 28.1 Å². The zero-order valence-electron chi connectivity index (χ0n) is 11.3. The number of anilines is 1. The van der Waals surface area contributed by atoms with Gasteiger partial charge in [-0.1, -0.05) is 37.3 Å². The second-order valence-corrected chi connectivity index (χ2v) is 7.51. The van der Waals surface area contributed by atoms with Gasteiger partial charge in [-0.25, -0.2) is 13.2 Å². The van der Waals surface area contributed by atoms with Gasteiger partial charge in [0.15, 0.2) is 0 Å². The van der Waals surface area contributed by atoms with Crippen LogP contribution in [-0.4, -0.2) is 25.2 Å². The number of aromatic carboxylic acids is 1. The second kappa shape index (κ2) is 6.28. The fourth-order valence-corrected chi connectivity index (χ4v) is 4.36. The zero-order valence-corrected chi connectivity index (χ0v) is 12.9. The molecule has 1 aromatic heterocycles. The first-order valence-electron chi connectivity index (χ1n) is 6.26. The van der Waals surface area contributed by atoms with E-state index >= 15 is 0 Å². The number of carboxylic acids is 1. The highest BCUT2D eigenvalue weighted by molar-refractivity contribution is 7.92. The predicted molar refractivity (Wildman–Crippen MR) is 83.5 cm³/mol. The minimum atomic E-state index is -3.53. The van der Waals surface area contributed by atoms with Gasteiger partial charge in [0.1, 0.15) is 9.88 Å². The Morgan fingerprint density at radius 2 is 1.90 bits per heavy atom. The summed E-state index contributed by atoms with van der Waals surface area (Å²) in [6.07, 6.45) is 0. The van der Waals surface area contributed by atoms with Crippen molar-refractivity contribution in [3.05, 3.63) is 52.9 Å². The van der Waals surface area contributed by atoms with E-state index in [1.165, 1.54) is 12.1 Å². The SMILES string of the molecule is CC(CS(=O)(=O)Nc1ccc(C(=O)O)s1)c1ccccc1. The number of carboxylic acid groups (broad SMARTS) is 1. The summed E-state index contributed by atoms with van der Waals surface area (Å²) in [4.78, 5) is 10.9. The highest BCUT2D eigenvalue weighted by atomic mass is 32.2. The van der Waals surface area contributed by atoms with Gasteiger partial charge in [-0.2, -0.15) is 0 Å². The summed E-state index contributed by atoms with van der Waals surface area (Å²) in [5.74, 6) is -1.28. The highest BCUT2D eigenvalue weighted by Crippen LogP contribution is 2.24. The molecular weight excluding hydrogens is 310 g/mol. The minimum absolute atomic E-state index is 0.0582. The first kappa shape index (κ1) is 15.5. The van der Waals surface area contributed by atoms with Crippen LogP contribution in [0.2, 0.25) is 0 Å². The van der Waals surface area contributed by atoms with Gasteiger partial charge in [0.05, 0.1) is 5.75 Å². The maximum absolute atomic E-state index is 12.1. The molecule has 0 fully saturated rings. The van der Waals surface area contributed by atoms with Crippen LogP contribution in [0, 0.1) is 0 Å². The van der Waals surface area contributed by atoms with Gasteiger partial charge in [0.2, 0.25) is 10.0 Å². The Bertz CT molecular complexity index is 722. The molecule has 5 nitrogen and oxygen atoms in total. The molecule has 0 radical (unpaired) electrons. The Balaban J connectivity index is 2.06.